The summed E-state index contributed by atoms with van der Waals surface area (Å²) in [6.07, 6.45) is 4.64. The first-order valence-electron chi connectivity index (χ1n) is 6.38. The summed E-state index contributed by atoms with van der Waals surface area (Å²) in [6, 6.07) is 7.99. The van der Waals surface area contributed by atoms with Crippen LogP contribution in [0.3, 0.4) is 0 Å². The number of hydrogen-bond donors (Lipinski definition) is 2. The van der Waals surface area contributed by atoms with Crippen LogP contribution in [0.4, 0.5) is 5.69 Å². The summed E-state index contributed by atoms with van der Waals surface area (Å²) in [5.41, 5.74) is 1.37. The molecule has 6 nitrogen and oxygen atoms in total. The summed E-state index contributed by atoms with van der Waals surface area (Å²) in [7, 11) is 0. The molecule has 1 aromatic carbocycles. The molecule has 1 amide bonds. The van der Waals surface area contributed by atoms with Crippen molar-refractivity contribution in [3.63, 3.8) is 0 Å². The highest BCUT2D eigenvalue weighted by Crippen LogP contribution is 2.23. The Morgan fingerprint density at radius 1 is 1.52 bits per heavy atom. The molecule has 0 fully saturated rings. The summed E-state index contributed by atoms with van der Waals surface area (Å²) < 4.78 is 1.75. The fraction of sp³-hybridized carbons (Fsp3) is 0.133. The molecule has 0 spiro atoms. The van der Waals surface area contributed by atoms with E-state index in [1.165, 1.54) is 24.3 Å². The van der Waals surface area contributed by atoms with Gasteiger partial charge in [0.05, 0.1) is 23.0 Å². The molecular weight excluding hydrogens is 268 g/mol. The number of benzene rings is 1. The number of nitrogens with zero attached hydrogens (tertiary/aromatic N) is 3. The number of phenolic OH excluding ortho intramolecular Hbond substituents is 1. The van der Waals surface area contributed by atoms with Gasteiger partial charge in [0.1, 0.15) is 5.75 Å². The lowest BCUT2D eigenvalue weighted by atomic mass is 10.2. The van der Waals surface area contributed by atoms with Crippen molar-refractivity contribution in [1.82, 2.24) is 9.78 Å². The SMILES string of the molecule is CCn1nccc1C=CC(=O)Nc1cc(C#N)ccc1O. The predicted molar refractivity (Wildman–Crippen MR) is 78.4 cm³/mol. The standard InChI is InChI=1S/C15H14N4O2/c1-2-19-12(7-8-17-19)4-6-15(21)18-13-9-11(10-16)3-5-14(13)20/h3-9,20H,2H2,1H3,(H,18,21). The van der Waals surface area contributed by atoms with E-state index in [0.29, 0.717) is 12.1 Å². The third-order valence-corrected chi connectivity index (χ3v) is 2.84. The summed E-state index contributed by atoms with van der Waals surface area (Å²) in [4.78, 5) is 11.8. The highest BCUT2D eigenvalue weighted by molar-refractivity contribution is 6.02. The molecule has 0 aliphatic rings. The molecule has 21 heavy (non-hydrogen) atoms. The van der Waals surface area contributed by atoms with Crippen LogP contribution in [-0.4, -0.2) is 20.8 Å². The normalized spacial score (nSPS) is 10.5. The Labute approximate surface area is 121 Å². The average Bonchev–Trinajstić information content (AvgIpc) is 2.95. The highest BCUT2D eigenvalue weighted by atomic mass is 16.3. The number of hydrogen-bond acceptors (Lipinski definition) is 4. The maximum Gasteiger partial charge on any atom is 0.248 e. The van der Waals surface area contributed by atoms with E-state index in [-0.39, 0.29) is 11.4 Å². The van der Waals surface area contributed by atoms with Gasteiger partial charge in [0.2, 0.25) is 5.91 Å². The molecule has 0 saturated heterocycles. The van der Waals surface area contributed by atoms with Crippen molar-refractivity contribution >= 4 is 17.7 Å². The van der Waals surface area contributed by atoms with Gasteiger partial charge < -0.3 is 10.4 Å². The monoisotopic (exact) mass is 282 g/mol. The van der Waals surface area contributed by atoms with E-state index in [2.05, 4.69) is 10.4 Å². The molecule has 0 saturated carbocycles. The number of anilines is 1. The molecule has 0 unspecified atom stereocenters. The van der Waals surface area contributed by atoms with Crippen molar-refractivity contribution in [3.8, 4) is 11.8 Å². The summed E-state index contributed by atoms with van der Waals surface area (Å²) in [5.74, 6) is -0.487. The van der Waals surface area contributed by atoms with Crippen molar-refractivity contribution in [2.24, 2.45) is 0 Å². The fourth-order valence-electron chi connectivity index (χ4n) is 1.79. The molecule has 106 valence electrons. The summed E-state index contributed by atoms with van der Waals surface area (Å²) in [6.45, 7) is 2.66. The quantitative estimate of drug-likeness (QED) is 0.664. The minimum atomic E-state index is -0.399. The number of aryl methyl sites for hydroxylation is 1. The van der Waals surface area contributed by atoms with Gasteiger partial charge in [-0.25, -0.2) is 0 Å². The number of rotatable bonds is 4. The number of carbonyl (C=O) groups is 1. The molecule has 0 aliphatic heterocycles. The van der Waals surface area contributed by atoms with Gasteiger partial charge in [0.25, 0.3) is 0 Å². The van der Waals surface area contributed by atoms with Crippen LogP contribution in [-0.2, 0) is 11.3 Å². The zero-order chi connectivity index (χ0) is 15.2. The van der Waals surface area contributed by atoms with Crippen molar-refractivity contribution < 1.29 is 9.90 Å². The Balaban J connectivity index is 2.10. The van der Waals surface area contributed by atoms with E-state index in [1.807, 2.05) is 13.0 Å². The van der Waals surface area contributed by atoms with Crippen molar-refractivity contribution in [2.45, 2.75) is 13.5 Å². The number of aromatic hydroxyl groups is 1. The van der Waals surface area contributed by atoms with Crippen molar-refractivity contribution in [3.05, 3.63) is 47.8 Å². The van der Waals surface area contributed by atoms with E-state index in [0.717, 1.165) is 5.69 Å². The van der Waals surface area contributed by atoms with Crippen LogP contribution in [0.25, 0.3) is 6.08 Å². The average molecular weight is 282 g/mol. The first-order valence-corrected chi connectivity index (χ1v) is 6.38. The molecule has 0 radical (unpaired) electrons. The Morgan fingerprint density at radius 2 is 2.33 bits per heavy atom. The highest BCUT2D eigenvalue weighted by Gasteiger charge is 2.05. The molecule has 0 atom stereocenters. The largest absolute Gasteiger partial charge is 0.506 e. The van der Waals surface area contributed by atoms with Crippen LogP contribution in [0, 0.1) is 11.3 Å². The van der Waals surface area contributed by atoms with Crippen LogP contribution in [0.5, 0.6) is 5.75 Å². The molecule has 0 bridgehead atoms. The lowest BCUT2D eigenvalue weighted by Gasteiger charge is -2.05. The Morgan fingerprint density at radius 3 is 3.05 bits per heavy atom. The molecule has 1 aromatic heterocycles. The van der Waals surface area contributed by atoms with E-state index in [4.69, 9.17) is 5.26 Å². The minimum absolute atomic E-state index is 0.0886. The number of nitrogens with one attached hydrogen (secondary N) is 1. The van der Waals surface area contributed by atoms with Crippen LogP contribution < -0.4 is 5.32 Å². The smallest absolute Gasteiger partial charge is 0.248 e. The zero-order valence-electron chi connectivity index (χ0n) is 11.4. The second kappa shape index (κ2) is 6.39. The van der Waals surface area contributed by atoms with Crippen LogP contribution in [0.2, 0.25) is 0 Å². The Hall–Kier alpha value is -3.07. The van der Waals surface area contributed by atoms with Gasteiger partial charge in [-0.15, -0.1) is 0 Å². The first kappa shape index (κ1) is 14.3. The third kappa shape index (κ3) is 3.48. The number of phenols is 1. The van der Waals surface area contributed by atoms with Crippen molar-refractivity contribution in [1.29, 1.82) is 5.26 Å². The first-order chi connectivity index (χ1) is 10.1. The van der Waals surface area contributed by atoms with E-state index < -0.39 is 5.91 Å². The van der Waals surface area contributed by atoms with E-state index in [1.54, 1.807) is 23.0 Å². The van der Waals surface area contributed by atoms with Crippen LogP contribution in [0.15, 0.2) is 36.5 Å². The topological polar surface area (TPSA) is 90.9 Å². The molecule has 2 aromatic rings. The van der Waals surface area contributed by atoms with Crippen LogP contribution >= 0.6 is 0 Å². The summed E-state index contributed by atoms with van der Waals surface area (Å²) >= 11 is 0. The number of amides is 1. The zero-order valence-corrected chi connectivity index (χ0v) is 11.4. The molecule has 1 heterocycles. The van der Waals surface area contributed by atoms with Crippen LogP contribution in [0.1, 0.15) is 18.2 Å². The lowest BCUT2D eigenvalue weighted by Crippen LogP contribution is -2.08. The maximum absolute atomic E-state index is 11.8. The maximum atomic E-state index is 11.8. The van der Waals surface area contributed by atoms with Gasteiger partial charge in [0, 0.05) is 18.8 Å². The molecule has 6 heteroatoms. The van der Waals surface area contributed by atoms with Gasteiger partial charge in [-0.1, -0.05) is 0 Å². The van der Waals surface area contributed by atoms with Gasteiger partial charge >= 0.3 is 0 Å². The van der Waals surface area contributed by atoms with E-state index >= 15 is 0 Å². The molecular formula is C15H14N4O2. The summed E-state index contributed by atoms with van der Waals surface area (Å²) in [5, 5.41) is 25.1. The third-order valence-electron chi connectivity index (χ3n) is 2.84. The van der Waals surface area contributed by atoms with Gasteiger partial charge in [-0.2, -0.15) is 10.4 Å². The fourth-order valence-corrected chi connectivity index (χ4v) is 1.79. The molecule has 0 aliphatic carbocycles. The van der Waals surface area contributed by atoms with E-state index in [9.17, 15) is 9.90 Å². The Bertz CT molecular complexity index is 726. The van der Waals surface area contributed by atoms with Gasteiger partial charge in [-0.05, 0) is 37.3 Å². The minimum Gasteiger partial charge on any atom is -0.506 e. The Kier molecular flexibility index (Phi) is 4.36. The molecule has 2 rings (SSSR count). The molecule has 2 N–H and O–H groups in total. The van der Waals surface area contributed by atoms with Gasteiger partial charge in [-0.3, -0.25) is 9.48 Å². The second-order valence-electron chi connectivity index (χ2n) is 4.24. The lowest BCUT2D eigenvalue weighted by molar-refractivity contribution is -0.111. The van der Waals surface area contributed by atoms with Gasteiger partial charge in [0.15, 0.2) is 0 Å². The predicted octanol–water partition coefficient (Wildman–Crippen LogP) is 2.13. The van der Waals surface area contributed by atoms with Crippen molar-refractivity contribution in [2.75, 3.05) is 5.32 Å². The second-order valence-corrected chi connectivity index (χ2v) is 4.24. The number of aromatic nitrogens is 2. The number of carbonyl (C=O) groups excluding carboxylic acids is 1. The number of nitriles is 1.